The lowest BCUT2D eigenvalue weighted by molar-refractivity contribution is 0.151. The topological polar surface area (TPSA) is 49.5 Å². The molecule has 0 saturated carbocycles. The van der Waals surface area contributed by atoms with Gasteiger partial charge in [-0.05, 0) is 25.9 Å². The van der Waals surface area contributed by atoms with E-state index in [-0.39, 0.29) is 12.6 Å². The molecular formula is C7H16N2O. The second-order valence-electron chi connectivity index (χ2n) is 2.82. The zero-order valence-corrected chi connectivity index (χ0v) is 6.29. The molecule has 10 heavy (non-hydrogen) atoms. The lowest BCUT2D eigenvalue weighted by Crippen LogP contribution is -2.41. The first-order chi connectivity index (χ1) is 4.88. The Kier molecular flexibility index (Phi) is 3.12. The molecule has 0 aromatic rings. The number of hydrogen-bond donors (Lipinski definition) is 2. The minimum absolute atomic E-state index is 0.205. The van der Waals surface area contributed by atoms with E-state index in [1.807, 2.05) is 0 Å². The van der Waals surface area contributed by atoms with Crippen LogP contribution in [0.4, 0.5) is 0 Å². The Morgan fingerprint density at radius 3 is 2.40 bits per heavy atom. The molecule has 0 radical (unpaired) electrons. The third kappa shape index (κ3) is 1.68. The zero-order chi connectivity index (χ0) is 7.40. The van der Waals surface area contributed by atoms with Crippen molar-refractivity contribution in [2.75, 3.05) is 26.2 Å². The van der Waals surface area contributed by atoms with Gasteiger partial charge in [0.2, 0.25) is 0 Å². The molecule has 1 fully saturated rings. The van der Waals surface area contributed by atoms with Crippen molar-refractivity contribution in [3.63, 3.8) is 0 Å². The van der Waals surface area contributed by atoms with E-state index in [9.17, 15) is 0 Å². The van der Waals surface area contributed by atoms with Gasteiger partial charge in [-0.2, -0.15) is 0 Å². The summed E-state index contributed by atoms with van der Waals surface area (Å²) < 4.78 is 0. The number of nitrogens with zero attached hydrogens (tertiary/aromatic N) is 1. The van der Waals surface area contributed by atoms with E-state index in [1.54, 1.807) is 0 Å². The van der Waals surface area contributed by atoms with Crippen LogP contribution in [0.1, 0.15) is 12.8 Å². The van der Waals surface area contributed by atoms with E-state index in [0.717, 1.165) is 13.1 Å². The molecule has 1 heterocycles. The van der Waals surface area contributed by atoms with E-state index in [0.29, 0.717) is 6.54 Å². The van der Waals surface area contributed by atoms with Crippen LogP contribution < -0.4 is 5.73 Å². The smallest absolute Gasteiger partial charge is 0.0599 e. The van der Waals surface area contributed by atoms with Gasteiger partial charge in [0.15, 0.2) is 0 Å². The minimum atomic E-state index is 0.205. The van der Waals surface area contributed by atoms with E-state index in [2.05, 4.69) is 4.90 Å². The van der Waals surface area contributed by atoms with Gasteiger partial charge in [-0.25, -0.2) is 0 Å². The Hall–Kier alpha value is -0.120. The van der Waals surface area contributed by atoms with E-state index in [4.69, 9.17) is 10.8 Å². The van der Waals surface area contributed by atoms with Gasteiger partial charge in [-0.15, -0.1) is 0 Å². The highest BCUT2D eigenvalue weighted by Gasteiger charge is 2.19. The van der Waals surface area contributed by atoms with Crippen LogP contribution in [0.5, 0.6) is 0 Å². The number of likely N-dealkylation sites (tertiary alicyclic amines) is 1. The van der Waals surface area contributed by atoms with Crippen molar-refractivity contribution < 1.29 is 5.11 Å². The molecule has 3 nitrogen and oxygen atoms in total. The maximum Gasteiger partial charge on any atom is 0.0599 e. The summed E-state index contributed by atoms with van der Waals surface area (Å²) in [4.78, 5) is 2.26. The Morgan fingerprint density at radius 1 is 1.40 bits per heavy atom. The predicted molar refractivity (Wildman–Crippen MR) is 40.7 cm³/mol. The molecule has 1 unspecified atom stereocenters. The lowest BCUT2D eigenvalue weighted by Gasteiger charge is -2.23. The molecule has 0 spiro atoms. The summed E-state index contributed by atoms with van der Waals surface area (Å²) in [7, 11) is 0. The van der Waals surface area contributed by atoms with Crippen LogP contribution in [-0.4, -0.2) is 42.3 Å². The maximum atomic E-state index is 8.86. The van der Waals surface area contributed by atoms with Gasteiger partial charge in [0, 0.05) is 12.6 Å². The largest absolute Gasteiger partial charge is 0.395 e. The third-order valence-electron chi connectivity index (χ3n) is 2.14. The first kappa shape index (κ1) is 7.98. The molecule has 0 aromatic carbocycles. The van der Waals surface area contributed by atoms with Crippen molar-refractivity contribution >= 4 is 0 Å². The monoisotopic (exact) mass is 144 g/mol. The Morgan fingerprint density at radius 2 is 2.00 bits per heavy atom. The minimum Gasteiger partial charge on any atom is -0.395 e. The standard InChI is InChI=1S/C7H16N2O/c8-5-7(6-10)9-3-1-2-4-9/h7,10H,1-6,8H2. The third-order valence-corrected chi connectivity index (χ3v) is 2.14. The van der Waals surface area contributed by atoms with Gasteiger partial charge >= 0.3 is 0 Å². The summed E-state index contributed by atoms with van der Waals surface area (Å²) in [5, 5.41) is 8.86. The maximum absolute atomic E-state index is 8.86. The fourth-order valence-corrected chi connectivity index (χ4v) is 1.45. The summed E-state index contributed by atoms with van der Waals surface area (Å²) >= 11 is 0. The second kappa shape index (κ2) is 3.91. The number of aliphatic hydroxyl groups is 1. The van der Waals surface area contributed by atoms with Crippen LogP contribution in [-0.2, 0) is 0 Å². The summed E-state index contributed by atoms with van der Waals surface area (Å²) in [6.45, 7) is 3.01. The quantitative estimate of drug-likeness (QED) is 0.556. The van der Waals surface area contributed by atoms with Crippen LogP contribution in [0.25, 0.3) is 0 Å². The van der Waals surface area contributed by atoms with Gasteiger partial charge in [0.05, 0.1) is 6.61 Å². The molecule has 1 atom stereocenters. The van der Waals surface area contributed by atoms with E-state index in [1.165, 1.54) is 12.8 Å². The predicted octanol–water partition coefficient (Wildman–Crippen LogP) is -0.598. The van der Waals surface area contributed by atoms with Crippen molar-refractivity contribution in [3.8, 4) is 0 Å². The average molecular weight is 144 g/mol. The highest BCUT2D eigenvalue weighted by Crippen LogP contribution is 2.10. The fourth-order valence-electron chi connectivity index (χ4n) is 1.45. The van der Waals surface area contributed by atoms with Crippen molar-refractivity contribution in [1.82, 2.24) is 4.90 Å². The van der Waals surface area contributed by atoms with Gasteiger partial charge < -0.3 is 10.8 Å². The lowest BCUT2D eigenvalue weighted by atomic mass is 10.3. The summed E-state index contributed by atoms with van der Waals surface area (Å²) in [6, 6.07) is 0.211. The van der Waals surface area contributed by atoms with Gasteiger partial charge in [0.1, 0.15) is 0 Å². The van der Waals surface area contributed by atoms with Crippen LogP contribution in [0.2, 0.25) is 0 Å². The number of aliphatic hydroxyl groups excluding tert-OH is 1. The molecule has 0 bridgehead atoms. The van der Waals surface area contributed by atoms with Gasteiger partial charge in [0.25, 0.3) is 0 Å². The molecule has 0 aliphatic carbocycles. The number of rotatable bonds is 3. The molecule has 60 valence electrons. The number of hydrogen-bond acceptors (Lipinski definition) is 3. The van der Waals surface area contributed by atoms with E-state index >= 15 is 0 Å². The van der Waals surface area contributed by atoms with Crippen molar-refractivity contribution in [2.45, 2.75) is 18.9 Å². The SMILES string of the molecule is NCC(CO)N1CCCC1. The first-order valence-electron chi connectivity index (χ1n) is 3.93. The van der Waals surface area contributed by atoms with Crippen LogP contribution in [0, 0.1) is 0 Å². The average Bonchev–Trinajstić information content (AvgIpc) is 2.43. The molecule has 3 heteroatoms. The Labute approximate surface area is 61.8 Å². The normalized spacial score (nSPS) is 23.4. The second-order valence-corrected chi connectivity index (χ2v) is 2.82. The molecule has 1 aliphatic rings. The molecule has 3 N–H and O–H groups in total. The summed E-state index contributed by atoms with van der Waals surface area (Å²) in [5.41, 5.74) is 5.46. The van der Waals surface area contributed by atoms with Crippen molar-refractivity contribution in [2.24, 2.45) is 5.73 Å². The summed E-state index contributed by atoms with van der Waals surface area (Å²) in [6.07, 6.45) is 2.52. The Balaban J connectivity index is 2.29. The van der Waals surface area contributed by atoms with Gasteiger partial charge in [-0.3, -0.25) is 4.90 Å². The molecule has 0 aromatic heterocycles. The van der Waals surface area contributed by atoms with Gasteiger partial charge in [-0.1, -0.05) is 0 Å². The molecule has 1 aliphatic heterocycles. The van der Waals surface area contributed by atoms with Crippen molar-refractivity contribution in [3.05, 3.63) is 0 Å². The first-order valence-corrected chi connectivity index (χ1v) is 3.93. The summed E-state index contributed by atoms with van der Waals surface area (Å²) in [5.74, 6) is 0. The molecule has 0 amide bonds. The molecule has 1 rings (SSSR count). The Bertz CT molecular complexity index is 87.6. The highest BCUT2D eigenvalue weighted by molar-refractivity contribution is 4.75. The fraction of sp³-hybridized carbons (Fsp3) is 1.00. The van der Waals surface area contributed by atoms with Crippen LogP contribution in [0.15, 0.2) is 0 Å². The van der Waals surface area contributed by atoms with Crippen molar-refractivity contribution in [1.29, 1.82) is 0 Å². The highest BCUT2D eigenvalue weighted by atomic mass is 16.3. The molecule has 1 saturated heterocycles. The zero-order valence-electron chi connectivity index (χ0n) is 6.29. The van der Waals surface area contributed by atoms with Crippen LogP contribution in [0.3, 0.4) is 0 Å². The molecular weight excluding hydrogens is 128 g/mol. The van der Waals surface area contributed by atoms with Crippen LogP contribution >= 0.6 is 0 Å². The van der Waals surface area contributed by atoms with E-state index < -0.39 is 0 Å². The number of nitrogens with two attached hydrogens (primary N) is 1.